The van der Waals surface area contributed by atoms with E-state index in [0.717, 1.165) is 12.1 Å². The number of aryl methyl sites for hydroxylation is 2. The second-order valence-electron chi connectivity index (χ2n) is 5.89. The normalized spacial score (nSPS) is 19.1. The van der Waals surface area contributed by atoms with Crippen LogP contribution >= 0.6 is 11.6 Å². The summed E-state index contributed by atoms with van der Waals surface area (Å²) in [6.45, 7) is 5.63. The van der Waals surface area contributed by atoms with Gasteiger partial charge in [-0.3, -0.25) is 9.69 Å². The van der Waals surface area contributed by atoms with Crippen LogP contribution in [0.3, 0.4) is 0 Å². The van der Waals surface area contributed by atoms with Gasteiger partial charge in [0, 0.05) is 30.2 Å². The fourth-order valence-corrected chi connectivity index (χ4v) is 2.85. The highest BCUT2D eigenvalue weighted by Gasteiger charge is 2.32. The topological polar surface area (TPSA) is 62.5 Å². The van der Waals surface area contributed by atoms with Crippen LogP contribution in [0.1, 0.15) is 33.7 Å². The van der Waals surface area contributed by atoms with E-state index in [1.165, 1.54) is 0 Å². The van der Waals surface area contributed by atoms with E-state index in [-0.39, 0.29) is 11.9 Å². The third kappa shape index (κ3) is 3.23. The zero-order chi connectivity index (χ0) is 16.6. The average molecular weight is 335 g/mol. The number of aromatic nitrogens is 2. The Morgan fingerprint density at radius 1 is 1.35 bits per heavy atom. The first-order valence-corrected chi connectivity index (χ1v) is 7.89. The number of piperazine rings is 1. The summed E-state index contributed by atoms with van der Waals surface area (Å²) < 4.78 is 5.28. The lowest BCUT2D eigenvalue weighted by Crippen LogP contribution is -2.49. The number of hydrogen-bond acceptors (Lipinski definition) is 5. The zero-order valence-electron chi connectivity index (χ0n) is 13.4. The van der Waals surface area contributed by atoms with Crippen LogP contribution in [-0.2, 0) is 0 Å². The molecule has 3 rings (SSSR count). The summed E-state index contributed by atoms with van der Waals surface area (Å²) in [4.78, 5) is 21.0. The molecule has 1 aromatic carbocycles. The van der Waals surface area contributed by atoms with Gasteiger partial charge in [-0.15, -0.1) is 0 Å². The molecule has 1 aliphatic heterocycles. The Morgan fingerprint density at radius 2 is 2.13 bits per heavy atom. The molecule has 1 aromatic heterocycles. The summed E-state index contributed by atoms with van der Waals surface area (Å²) in [6.07, 6.45) is 0. The number of amides is 1. The molecule has 0 saturated carbocycles. The molecule has 1 atom stereocenters. The second-order valence-corrected chi connectivity index (χ2v) is 6.30. The van der Waals surface area contributed by atoms with Crippen molar-refractivity contribution >= 4 is 17.5 Å². The van der Waals surface area contributed by atoms with Gasteiger partial charge in [-0.05, 0) is 44.7 Å². The van der Waals surface area contributed by atoms with Crippen LogP contribution < -0.4 is 0 Å². The Balaban J connectivity index is 1.80. The first kappa shape index (κ1) is 16.0. The van der Waals surface area contributed by atoms with Crippen molar-refractivity contribution in [2.24, 2.45) is 0 Å². The molecule has 1 fully saturated rings. The summed E-state index contributed by atoms with van der Waals surface area (Å²) in [5, 5.41) is 4.51. The van der Waals surface area contributed by atoms with E-state index in [4.69, 9.17) is 16.1 Å². The number of carbonyl (C=O) groups is 1. The summed E-state index contributed by atoms with van der Waals surface area (Å²) in [7, 11) is 2.00. The number of halogens is 1. The Morgan fingerprint density at radius 3 is 2.78 bits per heavy atom. The van der Waals surface area contributed by atoms with Crippen molar-refractivity contribution in [2.75, 3.05) is 26.7 Å². The maximum atomic E-state index is 12.7. The van der Waals surface area contributed by atoms with E-state index < -0.39 is 0 Å². The third-order valence-electron chi connectivity index (χ3n) is 4.17. The predicted molar refractivity (Wildman–Crippen MR) is 86.5 cm³/mol. The van der Waals surface area contributed by atoms with Gasteiger partial charge in [-0.1, -0.05) is 16.8 Å². The van der Waals surface area contributed by atoms with Crippen molar-refractivity contribution in [3.05, 3.63) is 46.1 Å². The number of nitrogens with zero attached hydrogens (tertiary/aromatic N) is 4. The van der Waals surface area contributed by atoms with Crippen LogP contribution in [-0.4, -0.2) is 52.5 Å². The molecule has 7 heteroatoms. The fourth-order valence-electron chi connectivity index (χ4n) is 2.73. The van der Waals surface area contributed by atoms with Crippen LogP contribution in [0, 0.1) is 13.8 Å². The zero-order valence-corrected chi connectivity index (χ0v) is 14.2. The minimum absolute atomic E-state index is 0.000830. The molecule has 2 aromatic rings. The van der Waals surface area contributed by atoms with Crippen molar-refractivity contribution in [1.82, 2.24) is 19.9 Å². The molecular formula is C16H19ClN4O2. The minimum Gasteiger partial charge on any atom is -0.338 e. The van der Waals surface area contributed by atoms with Gasteiger partial charge >= 0.3 is 0 Å². The standard InChI is InChI=1S/C16H19ClN4O2/c1-10-8-12(4-5-13(10)17)16(22)21-7-6-20(3)14(9-21)15-18-11(2)19-23-15/h4-5,8,14H,6-7,9H2,1-3H3/t14-/m1/s1. The summed E-state index contributed by atoms with van der Waals surface area (Å²) in [6, 6.07) is 5.28. The van der Waals surface area contributed by atoms with Gasteiger partial charge in [0.2, 0.25) is 5.89 Å². The summed E-state index contributed by atoms with van der Waals surface area (Å²) in [5.41, 5.74) is 1.55. The largest absolute Gasteiger partial charge is 0.338 e. The molecule has 2 heterocycles. The molecule has 0 radical (unpaired) electrons. The quantitative estimate of drug-likeness (QED) is 0.844. The lowest BCUT2D eigenvalue weighted by Gasteiger charge is -2.37. The van der Waals surface area contributed by atoms with E-state index in [1.54, 1.807) is 19.1 Å². The van der Waals surface area contributed by atoms with Crippen molar-refractivity contribution in [3.63, 3.8) is 0 Å². The summed E-state index contributed by atoms with van der Waals surface area (Å²) >= 11 is 6.04. The molecule has 122 valence electrons. The van der Waals surface area contributed by atoms with Crippen LogP contribution in [0.5, 0.6) is 0 Å². The molecular weight excluding hydrogens is 316 g/mol. The maximum Gasteiger partial charge on any atom is 0.253 e. The molecule has 0 aliphatic carbocycles. The molecule has 6 nitrogen and oxygen atoms in total. The highest BCUT2D eigenvalue weighted by atomic mass is 35.5. The minimum atomic E-state index is -0.0812. The summed E-state index contributed by atoms with van der Waals surface area (Å²) in [5.74, 6) is 1.15. The Labute approximate surface area is 140 Å². The number of hydrogen-bond donors (Lipinski definition) is 0. The maximum absolute atomic E-state index is 12.7. The lowest BCUT2D eigenvalue weighted by molar-refractivity contribution is 0.0489. The van der Waals surface area contributed by atoms with Crippen molar-refractivity contribution in [3.8, 4) is 0 Å². The van der Waals surface area contributed by atoms with Gasteiger partial charge in [0.05, 0.1) is 0 Å². The van der Waals surface area contributed by atoms with Gasteiger partial charge in [0.25, 0.3) is 5.91 Å². The molecule has 23 heavy (non-hydrogen) atoms. The van der Waals surface area contributed by atoms with E-state index in [0.29, 0.717) is 35.4 Å². The molecule has 0 unspecified atom stereocenters. The smallest absolute Gasteiger partial charge is 0.253 e. The van der Waals surface area contributed by atoms with Crippen LogP contribution in [0.4, 0.5) is 0 Å². The van der Waals surface area contributed by atoms with E-state index in [2.05, 4.69) is 15.0 Å². The van der Waals surface area contributed by atoms with Crippen molar-refractivity contribution in [2.45, 2.75) is 19.9 Å². The third-order valence-corrected chi connectivity index (χ3v) is 4.59. The van der Waals surface area contributed by atoms with E-state index >= 15 is 0 Å². The van der Waals surface area contributed by atoms with Crippen molar-refractivity contribution < 1.29 is 9.32 Å². The molecule has 0 spiro atoms. The van der Waals surface area contributed by atoms with Gasteiger partial charge < -0.3 is 9.42 Å². The second kappa shape index (κ2) is 6.29. The molecule has 1 aliphatic rings. The first-order chi connectivity index (χ1) is 11.0. The van der Waals surface area contributed by atoms with Gasteiger partial charge in [0.15, 0.2) is 5.82 Å². The van der Waals surface area contributed by atoms with Gasteiger partial charge in [0.1, 0.15) is 6.04 Å². The predicted octanol–water partition coefficient (Wildman–Crippen LogP) is 2.47. The Kier molecular flexibility index (Phi) is 4.37. The van der Waals surface area contributed by atoms with Crippen molar-refractivity contribution in [1.29, 1.82) is 0 Å². The lowest BCUT2D eigenvalue weighted by atomic mass is 10.1. The Hall–Kier alpha value is -1.92. The van der Waals surface area contributed by atoms with Gasteiger partial charge in [-0.2, -0.15) is 4.98 Å². The average Bonchev–Trinajstić information content (AvgIpc) is 2.96. The van der Waals surface area contributed by atoms with E-state index in [1.807, 2.05) is 24.9 Å². The van der Waals surface area contributed by atoms with Crippen LogP contribution in [0.2, 0.25) is 5.02 Å². The first-order valence-electron chi connectivity index (χ1n) is 7.51. The number of benzene rings is 1. The molecule has 0 bridgehead atoms. The number of likely N-dealkylation sites (N-methyl/N-ethyl adjacent to an activating group) is 1. The van der Waals surface area contributed by atoms with E-state index in [9.17, 15) is 4.79 Å². The number of carbonyl (C=O) groups excluding carboxylic acids is 1. The highest BCUT2D eigenvalue weighted by molar-refractivity contribution is 6.31. The Bertz CT molecular complexity index is 731. The monoisotopic (exact) mass is 334 g/mol. The highest BCUT2D eigenvalue weighted by Crippen LogP contribution is 2.24. The number of rotatable bonds is 2. The molecule has 1 saturated heterocycles. The molecule has 0 N–H and O–H groups in total. The van der Waals surface area contributed by atoms with Crippen LogP contribution in [0.25, 0.3) is 0 Å². The van der Waals surface area contributed by atoms with Crippen LogP contribution in [0.15, 0.2) is 22.7 Å². The fraction of sp³-hybridized carbons (Fsp3) is 0.438. The SMILES string of the molecule is Cc1noc([C@H]2CN(C(=O)c3ccc(Cl)c(C)c3)CCN2C)n1. The molecule has 1 amide bonds. The van der Waals surface area contributed by atoms with Gasteiger partial charge in [-0.25, -0.2) is 0 Å².